The van der Waals surface area contributed by atoms with Crippen LogP contribution in [0.2, 0.25) is 0 Å². The number of amides is 1. The van der Waals surface area contributed by atoms with Crippen LogP contribution in [0.1, 0.15) is 18.9 Å². The number of rotatable bonds is 4. The molecule has 1 unspecified atom stereocenters. The molecule has 2 aliphatic heterocycles. The molecule has 0 spiro atoms. The van der Waals surface area contributed by atoms with Crippen LogP contribution in [0, 0.1) is 12.7 Å². The second-order valence-corrected chi connectivity index (χ2v) is 10.4. The lowest BCUT2D eigenvalue weighted by molar-refractivity contribution is -0.128. The average Bonchev–Trinajstić information content (AvgIpc) is 2.79. The Labute approximate surface area is 189 Å². The van der Waals surface area contributed by atoms with Gasteiger partial charge in [-0.2, -0.15) is 4.31 Å². The summed E-state index contributed by atoms with van der Waals surface area (Å²) in [5.74, 6) is -0.494. The summed E-state index contributed by atoms with van der Waals surface area (Å²) >= 11 is 0. The number of hydrogen-bond acceptors (Lipinski definition) is 4. The van der Waals surface area contributed by atoms with Crippen molar-refractivity contribution in [3.8, 4) is 0 Å². The van der Waals surface area contributed by atoms with E-state index < -0.39 is 15.8 Å². The Hall–Kier alpha value is -2.71. The van der Waals surface area contributed by atoms with Gasteiger partial charge in [0.1, 0.15) is 5.82 Å². The van der Waals surface area contributed by atoms with Gasteiger partial charge in [0, 0.05) is 50.0 Å². The van der Waals surface area contributed by atoms with Gasteiger partial charge in [-0.25, -0.2) is 12.8 Å². The molecule has 6 nitrogen and oxygen atoms in total. The highest BCUT2D eigenvalue weighted by molar-refractivity contribution is 7.89. The Kier molecular flexibility index (Phi) is 6.35. The molecule has 32 heavy (non-hydrogen) atoms. The van der Waals surface area contributed by atoms with E-state index in [4.69, 9.17) is 0 Å². The molecule has 0 radical (unpaired) electrons. The fourth-order valence-corrected chi connectivity index (χ4v) is 5.73. The lowest BCUT2D eigenvalue weighted by Gasteiger charge is -2.42. The molecule has 2 aliphatic rings. The zero-order valence-electron chi connectivity index (χ0n) is 18.4. The van der Waals surface area contributed by atoms with Gasteiger partial charge in [-0.15, -0.1) is 0 Å². The molecule has 0 aliphatic carbocycles. The molecule has 2 aromatic rings. The number of aryl methyl sites for hydroxylation is 1. The predicted octanol–water partition coefficient (Wildman–Crippen LogP) is 3.19. The van der Waals surface area contributed by atoms with E-state index >= 15 is 0 Å². The highest BCUT2D eigenvalue weighted by Crippen LogP contribution is 2.25. The predicted molar refractivity (Wildman–Crippen MR) is 122 cm³/mol. The third-order valence-electron chi connectivity index (χ3n) is 6.15. The Morgan fingerprint density at radius 2 is 1.81 bits per heavy atom. The molecule has 1 atom stereocenters. The van der Waals surface area contributed by atoms with Crippen molar-refractivity contribution in [3.63, 3.8) is 0 Å². The van der Waals surface area contributed by atoms with Crippen molar-refractivity contribution in [2.75, 3.05) is 37.6 Å². The number of sulfonamides is 1. The van der Waals surface area contributed by atoms with Crippen LogP contribution in [-0.2, 0) is 14.8 Å². The van der Waals surface area contributed by atoms with Crippen LogP contribution in [0.15, 0.2) is 65.1 Å². The maximum atomic E-state index is 13.1. The minimum Gasteiger partial charge on any atom is -0.365 e. The van der Waals surface area contributed by atoms with Gasteiger partial charge in [-0.3, -0.25) is 4.79 Å². The van der Waals surface area contributed by atoms with E-state index in [0.717, 1.165) is 18.7 Å². The summed E-state index contributed by atoms with van der Waals surface area (Å²) in [6.45, 7) is 6.58. The molecule has 0 N–H and O–H groups in total. The number of carbonyl (C=O) groups is 1. The number of carbonyl (C=O) groups excluding carboxylic acids is 1. The van der Waals surface area contributed by atoms with Gasteiger partial charge < -0.3 is 9.80 Å². The molecule has 1 fully saturated rings. The van der Waals surface area contributed by atoms with Crippen molar-refractivity contribution in [2.45, 2.75) is 31.2 Å². The van der Waals surface area contributed by atoms with Crippen LogP contribution < -0.4 is 4.90 Å². The van der Waals surface area contributed by atoms with Crippen molar-refractivity contribution in [1.29, 1.82) is 0 Å². The number of halogens is 1. The molecular weight excluding hydrogens is 429 g/mol. The molecule has 0 saturated carbocycles. The van der Waals surface area contributed by atoms with Crippen LogP contribution in [-0.4, -0.2) is 62.3 Å². The summed E-state index contributed by atoms with van der Waals surface area (Å²) in [5, 5.41) is 0. The number of piperazine rings is 1. The highest BCUT2D eigenvalue weighted by Gasteiger charge is 2.32. The molecule has 1 amide bonds. The fraction of sp³-hybridized carbons (Fsp3) is 0.375. The summed E-state index contributed by atoms with van der Waals surface area (Å²) in [5.41, 5.74) is 3.04. The van der Waals surface area contributed by atoms with E-state index in [-0.39, 0.29) is 29.9 Å². The number of nitrogens with zero attached hydrogens (tertiary/aromatic N) is 3. The van der Waals surface area contributed by atoms with Crippen molar-refractivity contribution >= 4 is 21.6 Å². The van der Waals surface area contributed by atoms with E-state index in [1.807, 2.05) is 11.0 Å². The summed E-state index contributed by atoms with van der Waals surface area (Å²) in [7, 11) is -3.71. The Morgan fingerprint density at radius 1 is 1.06 bits per heavy atom. The van der Waals surface area contributed by atoms with Gasteiger partial charge in [0.2, 0.25) is 15.9 Å². The average molecular weight is 458 g/mol. The molecule has 0 bridgehead atoms. The topological polar surface area (TPSA) is 60.9 Å². The van der Waals surface area contributed by atoms with E-state index in [2.05, 4.69) is 36.9 Å². The fourth-order valence-electron chi connectivity index (χ4n) is 4.35. The minimum atomic E-state index is -3.71. The largest absolute Gasteiger partial charge is 0.365 e. The van der Waals surface area contributed by atoms with Crippen LogP contribution in [0.3, 0.4) is 0 Å². The van der Waals surface area contributed by atoms with Gasteiger partial charge in [0.25, 0.3) is 0 Å². The van der Waals surface area contributed by atoms with Crippen LogP contribution in [0.5, 0.6) is 0 Å². The second kappa shape index (κ2) is 9.03. The van der Waals surface area contributed by atoms with Gasteiger partial charge >= 0.3 is 0 Å². The summed E-state index contributed by atoms with van der Waals surface area (Å²) in [6.07, 6.45) is 2.08. The highest BCUT2D eigenvalue weighted by atomic mass is 32.2. The van der Waals surface area contributed by atoms with Crippen LogP contribution in [0.4, 0.5) is 10.1 Å². The molecule has 2 heterocycles. The van der Waals surface area contributed by atoms with E-state index in [1.165, 1.54) is 27.7 Å². The Balaban J connectivity index is 1.40. The molecule has 8 heteroatoms. The summed E-state index contributed by atoms with van der Waals surface area (Å²) < 4.78 is 40.0. The van der Waals surface area contributed by atoms with E-state index in [0.29, 0.717) is 25.1 Å². The van der Waals surface area contributed by atoms with Crippen molar-refractivity contribution in [2.24, 2.45) is 0 Å². The first-order chi connectivity index (χ1) is 15.3. The molecule has 1 saturated heterocycles. The molecule has 4 rings (SSSR count). The van der Waals surface area contributed by atoms with Crippen molar-refractivity contribution in [1.82, 2.24) is 9.21 Å². The Morgan fingerprint density at radius 3 is 2.44 bits per heavy atom. The SMILES string of the molecule is Cc1cccc(N2CCN(C(=O)C3=CCN(S(=O)(=O)c4ccc(F)cc4)CC3)CC2C)c1. The van der Waals surface area contributed by atoms with E-state index in [1.54, 1.807) is 6.08 Å². The van der Waals surface area contributed by atoms with Gasteiger partial charge in [-0.1, -0.05) is 18.2 Å². The third-order valence-corrected chi connectivity index (χ3v) is 8.03. The number of hydrogen-bond donors (Lipinski definition) is 0. The lowest BCUT2D eigenvalue weighted by atomic mass is 10.1. The van der Waals surface area contributed by atoms with Crippen LogP contribution >= 0.6 is 0 Å². The van der Waals surface area contributed by atoms with E-state index in [9.17, 15) is 17.6 Å². The maximum absolute atomic E-state index is 13.1. The molecular formula is C24H28FN3O3S. The van der Waals surface area contributed by atoms with Gasteiger partial charge in [0.15, 0.2) is 0 Å². The Bertz CT molecular complexity index is 1130. The lowest BCUT2D eigenvalue weighted by Crippen LogP contribution is -2.54. The zero-order valence-corrected chi connectivity index (χ0v) is 19.2. The van der Waals surface area contributed by atoms with Crippen molar-refractivity contribution < 1.29 is 17.6 Å². The molecule has 2 aromatic carbocycles. The standard InChI is InChI=1S/C24H28FN3O3S/c1-18-4-3-5-22(16-18)28-15-14-26(17-19(28)2)24(29)20-10-12-27(13-11-20)32(30,31)23-8-6-21(25)7-9-23/h3-10,16,19H,11-15,17H2,1-2H3. The first-order valence-electron chi connectivity index (χ1n) is 10.8. The van der Waals surface area contributed by atoms with Gasteiger partial charge in [0.05, 0.1) is 4.90 Å². The summed E-state index contributed by atoms with van der Waals surface area (Å²) in [6, 6.07) is 13.4. The second-order valence-electron chi connectivity index (χ2n) is 8.43. The first-order valence-corrected chi connectivity index (χ1v) is 12.3. The van der Waals surface area contributed by atoms with Gasteiger partial charge in [-0.05, 0) is 62.2 Å². The molecule has 0 aromatic heterocycles. The minimum absolute atomic E-state index is 0.0143. The normalized spacial score (nSPS) is 20.2. The monoisotopic (exact) mass is 457 g/mol. The number of benzene rings is 2. The first kappa shape index (κ1) is 22.5. The van der Waals surface area contributed by atoms with Crippen LogP contribution in [0.25, 0.3) is 0 Å². The maximum Gasteiger partial charge on any atom is 0.249 e. The zero-order chi connectivity index (χ0) is 22.9. The summed E-state index contributed by atoms with van der Waals surface area (Å²) in [4.78, 5) is 17.3. The quantitative estimate of drug-likeness (QED) is 0.708. The number of anilines is 1. The third kappa shape index (κ3) is 4.56. The molecule has 170 valence electrons. The smallest absolute Gasteiger partial charge is 0.249 e. The van der Waals surface area contributed by atoms with Crippen molar-refractivity contribution in [3.05, 3.63) is 71.6 Å².